The molecule has 1 aliphatic rings. The van der Waals surface area contributed by atoms with Gasteiger partial charge in [-0.05, 0) is 25.0 Å². The predicted molar refractivity (Wildman–Crippen MR) is 77.7 cm³/mol. The molecule has 1 N–H and O–H groups in total. The van der Waals surface area contributed by atoms with Crippen LogP contribution in [0.3, 0.4) is 0 Å². The minimum Gasteiger partial charge on any atom is -0.396 e. The largest absolute Gasteiger partial charge is 0.396 e. The van der Waals surface area contributed by atoms with Gasteiger partial charge in [-0.25, -0.2) is 4.98 Å². The van der Waals surface area contributed by atoms with E-state index in [2.05, 4.69) is 15.6 Å². The minimum absolute atomic E-state index is 0.182. The normalized spacial score (nSPS) is 20.9. The van der Waals surface area contributed by atoms with E-state index in [4.69, 9.17) is 28.3 Å². The summed E-state index contributed by atoms with van der Waals surface area (Å²) in [5.41, 5.74) is 2.11. The minimum atomic E-state index is -0.570. The van der Waals surface area contributed by atoms with Gasteiger partial charge in [-0.3, -0.25) is 0 Å². The molecule has 5 heteroatoms. The van der Waals surface area contributed by atoms with Crippen LogP contribution < -0.4 is 0 Å². The Morgan fingerprint density at radius 2 is 2.11 bits per heavy atom. The summed E-state index contributed by atoms with van der Waals surface area (Å²) >= 11 is 12.2. The number of aliphatic hydroxyl groups excluding tert-OH is 1. The Hall–Kier alpha value is -0.770. The fourth-order valence-electron chi connectivity index (χ4n) is 2.45. The molecule has 102 valence electrons. The summed E-state index contributed by atoms with van der Waals surface area (Å²) in [6, 6.07) is 8.07. The van der Waals surface area contributed by atoms with E-state index < -0.39 is 4.33 Å². The quantitative estimate of drug-likeness (QED) is 0.861. The first-order chi connectivity index (χ1) is 9.12. The van der Waals surface area contributed by atoms with E-state index in [1.165, 1.54) is 0 Å². The zero-order valence-electron chi connectivity index (χ0n) is 10.5. The second-order valence-corrected chi connectivity index (χ2v) is 6.66. The van der Waals surface area contributed by atoms with Crippen LogP contribution >= 0.6 is 23.2 Å². The van der Waals surface area contributed by atoms with Crippen LogP contribution in [0.15, 0.2) is 24.3 Å². The highest BCUT2D eigenvalue weighted by Crippen LogP contribution is 2.54. The summed E-state index contributed by atoms with van der Waals surface area (Å²) in [5, 5.41) is 8.99. The maximum atomic E-state index is 8.99. The first kappa shape index (κ1) is 13.2. The molecule has 1 aliphatic carbocycles. The van der Waals surface area contributed by atoms with Gasteiger partial charge in [-0.15, -0.1) is 23.2 Å². The van der Waals surface area contributed by atoms with Gasteiger partial charge in [0.05, 0.1) is 11.0 Å². The van der Waals surface area contributed by atoms with E-state index in [-0.39, 0.29) is 6.61 Å². The zero-order valence-corrected chi connectivity index (χ0v) is 12.0. The maximum absolute atomic E-state index is 8.99. The number of alkyl halides is 2. The monoisotopic (exact) mass is 298 g/mol. The Balaban J connectivity index is 1.94. The Morgan fingerprint density at radius 3 is 2.79 bits per heavy atom. The third kappa shape index (κ3) is 2.60. The average molecular weight is 299 g/mol. The van der Waals surface area contributed by atoms with Gasteiger partial charge in [0, 0.05) is 25.5 Å². The van der Waals surface area contributed by atoms with Crippen LogP contribution in [0.2, 0.25) is 0 Å². The number of aliphatic hydroxyl groups is 1. The molecular weight excluding hydrogens is 283 g/mol. The molecule has 0 aliphatic heterocycles. The fraction of sp³-hybridized carbons (Fsp3) is 0.500. The second-order valence-electron chi connectivity index (χ2n) is 5.12. The lowest BCUT2D eigenvalue weighted by molar-refractivity contribution is 0.287. The van der Waals surface area contributed by atoms with Crippen LogP contribution in [0.5, 0.6) is 0 Å². The highest BCUT2D eigenvalue weighted by Gasteiger charge is 2.51. The number of rotatable bonds is 5. The summed E-state index contributed by atoms with van der Waals surface area (Å²) in [4.78, 5) is 4.64. The molecule has 3 nitrogen and oxygen atoms in total. The van der Waals surface area contributed by atoms with Gasteiger partial charge in [0.1, 0.15) is 10.2 Å². The van der Waals surface area contributed by atoms with Crippen LogP contribution in [-0.4, -0.2) is 25.6 Å². The number of imidazole rings is 1. The van der Waals surface area contributed by atoms with Crippen LogP contribution in [0.25, 0.3) is 11.0 Å². The Labute approximate surface area is 122 Å². The van der Waals surface area contributed by atoms with Crippen molar-refractivity contribution >= 4 is 34.2 Å². The molecule has 3 rings (SSSR count). The molecule has 1 aromatic carbocycles. The first-order valence-electron chi connectivity index (χ1n) is 6.54. The van der Waals surface area contributed by atoms with Crippen molar-refractivity contribution in [2.75, 3.05) is 6.61 Å². The molecule has 1 fully saturated rings. The Kier molecular flexibility index (Phi) is 3.46. The highest BCUT2D eigenvalue weighted by molar-refractivity contribution is 6.50. The van der Waals surface area contributed by atoms with Crippen molar-refractivity contribution in [3.8, 4) is 0 Å². The van der Waals surface area contributed by atoms with Crippen LogP contribution in [0.4, 0.5) is 0 Å². The molecule has 0 saturated heterocycles. The van der Waals surface area contributed by atoms with E-state index in [0.717, 1.165) is 42.7 Å². The van der Waals surface area contributed by atoms with E-state index in [1.54, 1.807) is 0 Å². The molecular formula is C14H16Cl2N2O. The van der Waals surface area contributed by atoms with E-state index >= 15 is 0 Å². The number of aryl methyl sites for hydroxylation is 1. The third-order valence-electron chi connectivity index (χ3n) is 3.65. The lowest BCUT2D eigenvalue weighted by Gasteiger charge is -2.09. The Morgan fingerprint density at radius 1 is 1.37 bits per heavy atom. The predicted octanol–water partition coefficient (Wildman–Crippen LogP) is 3.16. The number of hydrogen-bond acceptors (Lipinski definition) is 2. The van der Waals surface area contributed by atoms with Crippen molar-refractivity contribution in [3.05, 3.63) is 30.1 Å². The SMILES string of the molecule is OCCCc1nc2ccccc2n1C[C@@H]1CC1(Cl)Cl. The summed E-state index contributed by atoms with van der Waals surface area (Å²) in [5.74, 6) is 1.30. The molecule has 0 amide bonds. The van der Waals surface area contributed by atoms with E-state index in [0.29, 0.717) is 5.92 Å². The zero-order chi connectivity index (χ0) is 13.5. The topological polar surface area (TPSA) is 38.1 Å². The van der Waals surface area contributed by atoms with Gasteiger partial charge >= 0.3 is 0 Å². The van der Waals surface area contributed by atoms with Crippen molar-refractivity contribution in [1.82, 2.24) is 9.55 Å². The maximum Gasteiger partial charge on any atom is 0.123 e. The van der Waals surface area contributed by atoms with Crippen molar-refractivity contribution in [1.29, 1.82) is 0 Å². The summed E-state index contributed by atoms with van der Waals surface area (Å²) < 4.78 is 1.63. The average Bonchev–Trinajstić information content (AvgIpc) is 2.84. The van der Waals surface area contributed by atoms with Gasteiger partial charge in [0.2, 0.25) is 0 Å². The summed E-state index contributed by atoms with van der Waals surface area (Å²) in [6.45, 7) is 0.982. The number of hydrogen-bond donors (Lipinski definition) is 1. The second kappa shape index (κ2) is 4.97. The lowest BCUT2D eigenvalue weighted by atomic mass is 10.3. The number of aromatic nitrogens is 2. The van der Waals surface area contributed by atoms with Gasteiger partial charge in [0.15, 0.2) is 0 Å². The van der Waals surface area contributed by atoms with Gasteiger partial charge in [-0.1, -0.05) is 12.1 Å². The van der Waals surface area contributed by atoms with Crippen molar-refractivity contribution in [2.45, 2.75) is 30.1 Å². The van der Waals surface area contributed by atoms with Crippen molar-refractivity contribution in [2.24, 2.45) is 5.92 Å². The third-order valence-corrected chi connectivity index (χ3v) is 4.58. The number of halogens is 2. The van der Waals surface area contributed by atoms with Gasteiger partial charge < -0.3 is 9.67 Å². The molecule has 19 heavy (non-hydrogen) atoms. The fourth-order valence-corrected chi connectivity index (χ4v) is 2.96. The number of benzene rings is 1. The van der Waals surface area contributed by atoms with Crippen LogP contribution in [0, 0.1) is 5.92 Å². The molecule has 0 radical (unpaired) electrons. The molecule has 1 heterocycles. The molecule has 0 spiro atoms. The Bertz CT molecular complexity index is 594. The highest BCUT2D eigenvalue weighted by atomic mass is 35.5. The van der Waals surface area contributed by atoms with Crippen molar-refractivity contribution < 1.29 is 5.11 Å². The van der Waals surface area contributed by atoms with Crippen molar-refractivity contribution in [3.63, 3.8) is 0 Å². The van der Waals surface area contributed by atoms with Crippen LogP contribution in [-0.2, 0) is 13.0 Å². The molecule has 0 unspecified atom stereocenters. The lowest BCUT2D eigenvalue weighted by Crippen LogP contribution is -2.08. The van der Waals surface area contributed by atoms with Gasteiger partial charge in [0.25, 0.3) is 0 Å². The van der Waals surface area contributed by atoms with Crippen LogP contribution in [0.1, 0.15) is 18.7 Å². The van der Waals surface area contributed by atoms with E-state index in [1.807, 2.05) is 18.2 Å². The number of para-hydroxylation sites is 2. The summed E-state index contributed by atoms with van der Waals surface area (Å²) in [7, 11) is 0. The first-order valence-corrected chi connectivity index (χ1v) is 7.30. The molecule has 1 aromatic heterocycles. The standard InChI is InChI=1S/C14H16Cl2N2O/c15-14(16)8-10(14)9-18-12-5-2-1-4-11(12)17-13(18)6-3-7-19/h1-2,4-5,10,19H,3,6-9H2/t10-/m0/s1. The van der Waals surface area contributed by atoms with E-state index in [9.17, 15) is 0 Å². The molecule has 1 saturated carbocycles. The summed E-state index contributed by atoms with van der Waals surface area (Å²) in [6.07, 6.45) is 2.33. The van der Waals surface area contributed by atoms with Gasteiger partial charge in [-0.2, -0.15) is 0 Å². The molecule has 0 bridgehead atoms. The molecule has 2 aromatic rings. The number of fused-ring (bicyclic) bond motifs is 1. The number of nitrogens with zero attached hydrogens (tertiary/aromatic N) is 2. The molecule has 1 atom stereocenters. The smallest absolute Gasteiger partial charge is 0.123 e.